The Morgan fingerprint density at radius 2 is 1.88 bits per heavy atom. The number of aliphatic carboxylic acids is 1. The number of nitrogens with one attached hydrogen (secondary N) is 1. The lowest BCUT2D eigenvalue weighted by Crippen LogP contribution is -2.41. The fraction of sp³-hybridized carbons (Fsp3) is 0.833. The van der Waals surface area contributed by atoms with Crippen molar-refractivity contribution in [3.63, 3.8) is 0 Å². The van der Waals surface area contributed by atoms with Crippen LogP contribution in [-0.2, 0) is 14.3 Å². The number of ether oxygens (including phenoxy) is 1. The molecule has 1 fully saturated rings. The Labute approximate surface area is 102 Å². The van der Waals surface area contributed by atoms with Crippen molar-refractivity contribution in [2.24, 2.45) is 17.3 Å². The first kappa shape index (κ1) is 14.0. The van der Waals surface area contributed by atoms with Crippen molar-refractivity contribution in [2.75, 3.05) is 13.7 Å². The Balaban J connectivity index is 2.54. The minimum Gasteiger partial charge on any atom is -0.481 e. The molecule has 1 saturated carbocycles. The summed E-state index contributed by atoms with van der Waals surface area (Å²) in [6.07, 6.45) is 0. The molecule has 0 heterocycles. The zero-order valence-electron chi connectivity index (χ0n) is 11.0. The van der Waals surface area contributed by atoms with Gasteiger partial charge in [0.2, 0.25) is 5.91 Å². The van der Waals surface area contributed by atoms with Gasteiger partial charge in [0.15, 0.2) is 0 Å². The Hall–Kier alpha value is -1.10. The van der Waals surface area contributed by atoms with Gasteiger partial charge in [-0.1, -0.05) is 13.8 Å². The third-order valence-corrected chi connectivity index (χ3v) is 3.62. The van der Waals surface area contributed by atoms with Crippen molar-refractivity contribution >= 4 is 11.9 Å². The number of carboxylic acids is 1. The van der Waals surface area contributed by atoms with E-state index in [0.717, 1.165) is 0 Å². The van der Waals surface area contributed by atoms with Gasteiger partial charge in [0.05, 0.1) is 17.4 Å². The van der Waals surface area contributed by atoms with Crippen LogP contribution in [-0.4, -0.2) is 36.2 Å². The van der Waals surface area contributed by atoms with E-state index >= 15 is 0 Å². The molecule has 1 amide bonds. The maximum absolute atomic E-state index is 11.9. The lowest BCUT2D eigenvalue weighted by Gasteiger charge is -2.23. The second kappa shape index (κ2) is 4.29. The van der Waals surface area contributed by atoms with Gasteiger partial charge in [-0.25, -0.2) is 0 Å². The molecule has 2 N–H and O–H groups in total. The minimum atomic E-state index is -0.902. The van der Waals surface area contributed by atoms with Crippen LogP contribution >= 0.6 is 0 Å². The highest BCUT2D eigenvalue weighted by molar-refractivity contribution is 5.91. The van der Waals surface area contributed by atoms with Crippen molar-refractivity contribution in [2.45, 2.75) is 33.3 Å². The highest BCUT2D eigenvalue weighted by atomic mass is 16.5. The van der Waals surface area contributed by atoms with Crippen molar-refractivity contribution in [1.29, 1.82) is 0 Å². The molecule has 0 aliphatic heterocycles. The molecule has 1 aliphatic rings. The van der Waals surface area contributed by atoms with E-state index in [9.17, 15) is 9.59 Å². The van der Waals surface area contributed by atoms with E-state index in [1.54, 1.807) is 21.0 Å². The lowest BCUT2D eigenvalue weighted by atomic mass is 10.1. The van der Waals surface area contributed by atoms with E-state index in [2.05, 4.69) is 5.32 Å². The van der Waals surface area contributed by atoms with E-state index in [4.69, 9.17) is 9.84 Å². The monoisotopic (exact) mass is 243 g/mol. The summed E-state index contributed by atoms with van der Waals surface area (Å²) < 4.78 is 5.18. The van der Waals surface area contributed by atoms with E-state index in [1.165, 1.54) is 0 Å². The third-order valence-electron chi connectivity index (χ3n) is 3.62. The van der Waals surface area contributed by atoms with Gasteiger partial charge in [-0.15, -0.1) is 0 Å². The molecule has 0 radical (unpaired) electrons. The van der Waals surface area contributed by atoms with Crippen LogP contribution in [0.4, 0.5) is 0 Å². The third kappa shape index (κ3) is 2.77. The van der Waals surface area contributed by atoms with E-state index in [0.29, 0.717) is 6.54 Å². The highest BCUT2D eigenvalue weighted by Gasteiger charge is 2.65. The van der Waals surface area contributed by atoms with Crippen molar-refractivity contribution in [3.8, 4) is 0 Å². The van der Waals surface area contributed by atoms with Crippen LogP contribution in [0.3, 0.4) is 0 Å². The lowest BCUT2D eigenvalue weighted by molar-refractivity contribution is -0.140. The fourth-order valence-corrected chi connectivity index (χ4v) is 2.07. The Morgan fingerprint density at radius 3 is 2.24 bits per heavy atom. The highest BCUT2D eigenvalue weighted by Crippen LogP contribution is 2.58. The van der Waals surface area contributed by atoms with Crippen LogP contribution in [0.5, 0.6) is 0 Å². The van der Waals surface area contributed by atoms with E-state index in [-0.39, 0.29) is 5.91 Å². The van der Waals surface area contributed by atoms with Gasteiger partial charge in [-0.3, -0.25) is 9.59 Å². The Morgan fingerprint density at radius 1 is 1.35 bits per heavy atom. The molecule has 0 aromatic carbocycles. The van der Waals surface area contributed by atoms with Gasteiger partial charge in [0.25, 0.3) is 0 Å². The molecule has 5 nitrogen and oxygen atoms in total. The molecule has 98 valence electrons. The molecule has 1 rings (SSSR count). The number of hydrogen-bond donors (Lipinski definition) is 2. The SMILES string of the molecule is COC(C)(C)CNC(=O)C1C(C(=O)O)C1(C)C. The van der Waals surface area contributed by atoms with Crippen LogP contribution in [0.15, 0.2) is 0 Å². The Kier molecular flexibility index (Phi) is 3.52. The van der Waals surface area contributed by atoms with Gasteiger partial charge in [-0.2, -0.15) is 0 Å². The number of hydrogen-bond acceptors (Lipinski definition) is 3. The summed E-state index contributed by atoms with van der Waals surface area (Å²) >= 11 is 0. The van der Waals surface area contributed by atoms with Gasteiger partial charge < -0.3 is 15.2 Å². The fourth-order valence-electron chi connectivity index (χ4n) is 2.07. The molecule has 2 atom stereocenters. The van der Waals surface area contributed by atoms with E-state index in [1.807, 2.05) is 13.8 Å². The topological polar surface area (TPSA) is 75.6 Å². The van der Waals surface area contributed by atoms with Crippen molar-refractivity contribution < 1.29 is 19.4 Å². The van der Waals surface area contributed by atoms with Crippen LogP contribution < -0.4 is 5.32 Å². The number of carboxylic acid groups (broad SMARTS) is 1. The number of methoxy groups -OCH3 is 1. The van der Waals surface area contributed by atoms with E-state index < -0.39 is 28.8 Å². The first-order valence-corrected chi connectivity index (χ1v) is 5.69. The van der Waals surface area contributed by atoms with Crippen molar-refractivity contribution in [1.82, 2.24) is 5.32 Å². The number of carbonyl (C=O) groups is 2. The number of carbonyl (C=O) groups excluding carboxylic acids is 1. The second-order valence-electron chi connectivity index (χ2n) is 5.80. The second-order valence-corrected chi connectivity index (χ2v) is 5.80. The van der Waals surface area contributed by atoms with Crippen LogP contribution in [0.1, 0.15) is 27.7 Å². The van der Waals surface area contributed by atoms with Crippen LogP contribution in [0, 0.1) is 17.3 Å². The molecule has 0 saturated heterocycles. The van der Waals surface area contributed by atoms with Gasteiger partial charge in [0.1, 0.15) is 0 Å². The van der Waals surface area contributed by atoms with Gasteiger partial charge in [0, 0.05) is 13.7 Å². The smallest absolute Gasteiger partial charge is 0.307 e. The molecular formula is C12H21NO4. The zero-order chi connectivity index (χ0) is 13.4. The summed E-state index contributed by atoms with van der Waals surface area (Å²) in [4.78, 5) is 22.8. The number of amides is 1. The summed E-state index contributed by atoms with van der Waals surface area (Å²) in [5, 5.41) is 11.7. The molecule has 17 heavy (non-hydrogen) atoms. The molecule has 0 aromatic heterocycles. The molecule has 5 heteroatoms. The normalized spacial score (nSPS) is 26.4. The molecule has 0 bridgehead atoms. The summed E-state index contributed by atoms with van der Waals surface area (Å²) in [7, 11) is 1.58. The zero-order valence-corrected chi connectivity index (χ0v) is 11.0. The summed E-state index contributed by atoms with van der Waals surface area (Å²) in [6.45, 7) is 7.70. The first-order valence-electron chi connectivity index (χ1n) is 5.69. The average Bonchev–Trinajstić information content (AvgIpc) is 2.78. The average molecular weight is 243 g/mol. The van der Waals surface area contributed by atoms with Gasteiger partial charge >= 0.3 is 5.97 Å². The number of rotatable bonds is 5. The maximum Gasteiger partial charge on any atom is 0.307 e. The predicted octanol–water partition coefficient (Wildman–Crippen LogP) is 0.884. The molecular weight excluding hydrogens is 222 g/mol. The first-order chi connectivity index (χ1) is 7.63. The Bertz CT molecular complexity index is 335. The largest absolute Gasteiger partial charge is 0.481 e. The summed E-state index contributed by atoms with van der Waals surface area (Å²) in [5.74, 6) is -2.12. The molecule has 1 aliphatic carbocycles. The van der Waals surface area contributed by atoms with Crippen LogP contribution in [0.2, 0.25) is 0 Å². The standard InChI is InChI=1S/C12H21NO4/c1-11(2,17-5)6-13-9(14)7-8(10(15)16)12(7,3)4/h7-8H,6H2,1-5H3,(H,13,14)(H,15,16). The van der Waals surface area contributed by atoms with Gasteiger partial charge in [-0.05, 0) is 19.3 Å². The molecule has 0 spiro atoms. The quantitative estimate of drug-likeness (QED) is 0.751. The molecule has 0 aromatic rings. The van der Waals surface area contributed by atoms with Crippen LogP contribution in [0.25, 0.3) is 0 Å². The summed E-state index contributed by atoms with van der Waals surface area (Å²) in [5.41, 5.74) is -0.888. The minimum absolute atomic E-state index is 0.201. The summed E-state index contributed by atoms with van der Waals surface area (Å²) in [6, 6.07) is 0. The van der Waals surface area contributed by atoms with Crippen molar-refractivity contribution in [3.05, 3.63) is 0 Å². The molecule has 2 unspecified atom stereocenters. The maximum atomic E-state index is 11.9. The predicted molar refractivity (Wildman–Crippen MR) is 62.5 cm³/mol.